The zero-order valence-electron chi connectivity index (χ0n) is 28.8. The van der Waals surface area contributed by atoms with Crippen molar-refractivity contribution in [1.29, 1.82) is 0 Å². The lowest BCUT2D eigenvalue weighted by atomic mass is 9.66. The van der Waals surface area contributed by atoms with E-state index in [2.05, 4.69) is 133 Å². The summed E-state index contributed by atoms with van der Waals surface area (Å²) in [4.78, 5) is 26.8. The molecule has 0 aromatic heterocycles. The maximum atomic E-state index is 15.8. The highest BCUT2D eigenvalue weighted by Gasteiger charge is 2.57. The normalized spacial score (nSPS) is 17.9. The van der Waals surface area contributed by atoms with E-state index < -0.39 is 5.41 Å². The summed E-state index contributed by atoms with van der Waals surface area (Å²) in [7, 11) is 0. The average Bonchev–Trinajstić information content (AvgIpc) is 3.67. The molecule has 0 spiro atoms. The van der Waals surface area contributed by atoms with Crippen molar-refractivity contribution < 1.29 is 4.79 Å². The average molecular weight is 677 g/mol. The van der Waals surface area contributed by atoms with Crippen molar-refractivity contribution in [2.24, 2.45) is 9.98 Å². The quantitative estimate of drug-likeness (QED) is 0.179. The Bertz CT molecular complexity index is 2850. The standard InChI is InChI=1S/C50H32N2O/c53-49-44-26-14-13-25-43(44)48(52-40-30-28-34-16-8-10-20-37(34)32-40)50(49,38-21-5-2-6-22-38)46-41-23-11-12-24-42(41)47(45(46)35-17-3-1-4-18-35)51-39-29-27-33-15-7-9-19-36(33)31-39/h1-32H/t50-/m1/s1. The number of nitrogens with zero attached hydrogens (tertiary/aromatic N) is 2. The van der Waals surface area contributed by atoms with Crippen LogP contribution in [0.2, 0.25) is 0 Å². The van der Waals surface area contributed by atoms with Crippen LogP contribution >= 0.6 is 0 Å². The lowest BCUT2D eigenvalue weighted by molar-refractivity contribution is 0.0964. The van der Waals surface area contributed by atoms with Crippen LogP contribution in [0.25, 0.3) is 32.7 Å². The van der Waals surface area contributed by atoms with Crippen molar-refractivity contribution in [2.75, 3.05) is 0 Å². The number of allylic oxidation sites excluding steroid dienone is 2. The SMILES string of the molecule is O=C1c2ccccc2C(=Nc2ccc3ccccc3c2)[C@]1(C1=C(c2ccccc2)C(=Nc2ccc3ccccc3c2)c2ccccc21)c1ccccc1. The first-order valence-corrected chi connectivity index (χ1v) is 18.0. The Morgan fingerprint density at radius 3 is 1.53 bits per heavy atom. The molecule has 53 heavy (non-hydrogen) atoms. The van der Waals surface area contributed by atoms with Crippen LogP contribution in [0.15, 0.2) is 204 Å². The molecule has 1 atom stereocenters. The fourth-order valence-electron chi connectivity index (χ4n) is 8.31. The van der Waals surface area contributed by atoms with Gasteiger partial charge in [0.25, 0.3) is 0 Å². The van der Waals surface area contributed by atoms with Crippen LogP contribution in [-0.2, 0) is 5.41 Å². The Labute approximate surface area is 308 Å². The molecule has 248 valence electrons. The molecule has 0 radical (unpaired) electrons. The van der Waals surface area contributed by atoms with Gasteiger partial charge in [0.15, 0.2) is 5.78 Å². The number of hydrogen-bond donors (Lipinski definition) is 0. The van der Waals surface area contributed by atoms with E-state index in [0.29, 0.717) is 11.3 Å². The van der Waals surface area contributed by atoms with E-state index in [-0.39, 0.29) is 5.78 Å². The van der Waals surface area contributed by atoms with Crippen LogP contribution in [0.1, 0.15) is 38.2 Å². The maximum Gasteiger partial charge on any atom is 0.184 e. The van der Waals surface area contributed by atoms with Gasteiger partial charge in [-0.2, -0.15) is 0 Å². The van der Waals surface area contributed by atoms with Gasteiger partial charge in [0.05, 0.1) is 22.8 Å². The van der Waals surface area contributed by atoms with Gasteiger partial charge in [0.1, 0.15) is 5.41 Å². The number of benzene rings is 8. The third-order valence-electron chi connectivity index (χ3n) is 10.7. The smallest absolute Gasteiger partial charge is 0.184 e. The second-order valence-electron chi connectivity index (χ2n) is 13.6. The highest BCUT2D eigenvalue weighted by Crippen LogP contribution is 2.56. The molecular formula is C50H32N2O. The van der Waals surface area contributed by atoms with Gasteiger partial charge in [-0.3, -0.25) is 9.79 Å². The Morgan fingerprint density at radius 1 is 0.396 bits per heavy atom. The number of aliphatic imine (C=N–C) groups is 2. The van der Waals surface area contributed by atoms with E-state index >= 15 is 4.79 Å². The van der Waals surface area contributed by atoms with Crippen molar-refractivity contribution in [3.05, 3.63) is 228 Å². The first-order chi connectivity index (χ1) is 26.2. The van der Waals surface area contributed by atoms with Crippen molar-refractivity contribution in [3.8, 4) is 0 Å². The number of carbonyl (C=O) groups is 1. The highest BCUT2D eigenvalue weighted by molar-refractivity contribution is 6.51. The molecule has 3 nitrogen and oxygen atoms in total. The predicted octanol–water partition coefficient (Wildman–Crippen LogP) is 12.0. The van der Waals surface area contributed by atoms with Crippen LogP contribution in [0.5, 0.6) is 0 Å². The van der Waals surface area contributed by atoms with Crippen molar-refractivity contribution in [1.82, 2.24) is 0 Å². The van der Waals surface area contributed by atoms with Gasteiger partial charge in [-0.25, -0.2) is 4.99 Å². The van der Waals surface area contributed by atoms with Crippen molar-refractivity contribution in [3.63, 3.8) is 0 Å². The minimum absolute atomic E-state index is 0.00373. The fraction of sp³-hybridized carbons (Fsp3) is 0.0200. The van der Waals surface area contributed by atoms with E-state index in [4.69, 9.17) is 9.98 Å². The first kappa shape index (κ1) is 30.8. The van der Waals surface area contributed by atoms with E-state index in [9.17, 15) is 0 Å². The van der Waals surface area contributed by atoms with Crippen LogP contribution in [0.3, 0.4) is 0 Å². The molecule has 0 heterocycles. The van der Waals surface area contributed by atoms with Gasteiger partial charge in [-0.1, -0.05) is 170 Å². The fourth-order valence-corrected chi connectivity index (χ4v) is 8.31. The van der Waals surface area contributed by atoms with E-state index in [1.807, 2.05) is 60.7 Å². The first-order valence-electron chi connectivity index (χ1n) is 18.0. The molecule has 0 saturated heterocycles. The molecule has 0 saturated carbocycles. The largest absolute Gasteiger partial charge is 0.292 e. The number of carbonyl (C=O) groups excluding carboxylic acids is 1. The minimum atomic E-state index is -1.29. The summed E-state index contributed by atoms with van der Waals surface area (Å²) < 4.78 is 0. The molecular weight excluding hydrogens is 645 g/mol. The summed E-state index contributed by atoms with van der Waals surface area (Å²) in [5.74, 6) is 0.00373. The third kappa shape index (κ3) is 4.86. The van der Waals surface area contributed by atoms with Gasteiger partial charge in [0.2, 0.25) is 0 Å². The molecule has 0 aliphatic heterocycles. The summed E-state index contributed by atoms with van der Waals surface area (Å²) in [6.45, 7) is 0. The van der Waals surface area contributed by atoms with Crippen LogP contribution in [0.4, 0.5) is 11.4 Å². The van der Waals surface area contributed by atoms with Crippen molar-refractivity contribution in [2.45, 2.75) is 5.41 Å². The van der Waals surface area contributed by atoms with Crippen LogP contribution in [0, 0.1) is 0 Å². The second kappa shape index (κ2) is 12.4. The monoisotopic (exact) mass is 676 g/mol. The van der Waals surface area contributed by atoms with Gasteiger partial charge in [0, 0.05) is 22.3 Å². The molecule has 10 rings (SSSR count). The number of rotatable bonds is 5. The third-order valence-corrected chi connectivity index (χ3v) is 10.7. The lowest BCUT2D eigenvalue weighted by Gasteiger charge is -2.33. The maximum absolute atomic E-state index is 15.8. The van der Waals surface area contributed by atoms with Gasteiger partial charge < -0.3 is 0 Å². The van der Waals surface area contributed by atoms with E-state index in [1.54, 1.807) is 0 Å². The molecule has 0 N–H and O–H groups in total. The Balaban J connectivity index is 1.35. The molecule has 0 unspecified atom stereocenters. The number of hydrogen-bond acceptors (Lipinski definition) is 3. The zero-order chi connectivity index (χ0) is 35.4. The van der Waals surface area contributed by atoms with Gasteiger partial charge in [-0.05, 0) is 68.1 Å². The molecule has 8 aromatic rings. The van der Waals surface area contributed by atoms with Crippen LogP contribution in [-0.4, -0.2) is 17.2 Å². The molecule has 2 aliphatic carbocycles. The number of fused-ring (bicyclic) bond motifs is 4. The molecule has 0 bridgehead atoms. The number of ketones is 1. The minimum Gasteiger partial charge on any atom is -0.292 e. The molecule has 0 fully saturated rings. The van der Waals surface area contributed by atoms with Gasteiger partial charge >= 0.3 is 0 Å². The molecule has 8 aromatic carbocycles. The predicted molar refractivity (Wildman–Crippen MR) is 219 cm³/mol. The number of Topliss-reactive ketones (excluding diaryl/α,β-unsaturated/α-hetero) is 1. The summed E-state index contributed by atoms with van der Waals surface area (Å²) in [6.07, 6.45) is 0. The van der Waals surface area contributed by atoms with E-state index in [0.717, 1.165) is 77.6 Å². The summed E-state index contributed by atoms with van der Waals surface area (Å²) in [6, 6.07) is 66.2. The second-order valence-corrected chi connectivity index (χ2v) is 13.6. The molecule has 0 amide bonds. The Hall–Kier alpha value is -6.97. The van der Waals surface area contributed by atoms with Crippen molar-refractivity contribution >= 4 is 61.3 Å². The summed E-state index contributed by atoms with van der Waals surface area (Å²) >= 11 is 0. The molecule has 2 aliphatic rings. The summed E-state index contributed by atoms with van der Waals surface area (Å²) in [5, 5.41) is 4.52. The lowest BCUT2D eigenvalue weighted by Crippen LogP contribution is -2.40. The summed E-state index contributed by atoms with van der Waals surface area (Å²) in [5.41, 5.74) is 9.03. The Morgan fingerprint density at radius 2 is 0.887 bits per heavy atom. The highest BCUT2D eigenvalue weighted by atomic mass is 16.1. The zero-order valence-corrected chi connectivity index (χ0v) is 28.8. The van der Waals surface area contributed by atoms with E-state index in [1.165, 1.54) is 0 Å². The van der Waals surface area contributed by atoms with Crippen LogP contribution < -0.4 is 0 Å². The molecule has 3 heteroatoms. The topological polar surface area (TPSA) is 41.8 Å². The van der Waals surface area contributed by atoms with Gasteiger partial charge in [-0.15, -0.1) is 0 Å². The Kier molecular flexibility index (Phi) is 7.19.